The third kappa shape index (κ3) is 4.70. The number of hydrogen-bond donors (Lipinski definition) is 0. The molecular formula is C12H23BrO3. The molecule has 96 valence electrons. The quantitative estimate of drug-likeness (QED) is 0.509. The smallest absolute Gasteiger partial charge is 0.0962 e. The Morgan fingerprint density at radius 1 is 1.25 bits per heavy atom. The fourth-order valence-electron chi connectivity index (χ4n) is 1.67. The molecule has 0 aromatic carbocycles. The van der Waals surface area contributed by atoms with Gasteiger partial charge in [-0.2, -0.15) is 0 Å². The zero-order valence-corrected chi connectivity index (χ0v) is 12.0. The summed E-state index contributed by atoms with van der Waals surface area (Å²) in [5, 5.41) is 0. The Morgan fingerprint density at radius 3 is 2.56 bits per heavy atom. The van der Waals surface area contributed by atoms with Gasteiger partial charge < -0.3 is 14.2 Å². The van der Waals surface area contributed by atoms with Crippen molar-refractivity contribution >= 4 is 15.9 Å². The van der Waals surface area contributed by atoms with E-state index in [0.717, 1.165) is 19.6 Å². The first kappa shape index (κ1) is 14.4. The molecule has 0 bridgehead atoms. The van der Waals surface area contributed by atoms with Gasteiger partial charge in [-0.05, 0) is 19.3 Å². The second-order valence-electron chi connectivity index (χ2n) is 4.55. The number of hydrogen-bond acceptors (Lipinski definition) is 3. The highest BCUT2D eigenvalue weighted by atomic mass is 79.9. The third-order valence-electron chi connectivity index (χ3n) is 2.55. The minimum absolute atomic E-state index is 0.218. The zero-order chi connectivity index (χ0) is 12.0. The van der Waals surface area contributed by atoms with Crippen LogP contribution in [0.25, 0.3) is 0 Å². The largest absolute Gasteiger partial charge is 0.379 e. The van der Waals surface area contributed by atoms with Crippen molar-refractivity contribution in [1.29, 1.82) is 0 Å². The van der Waals surface area contributed by atoms with Crippen molar-refractivity contribution in [3.8, 4) is 0 Å². The van der Waals surface area contributed by atoms with Crippen LogP contribution in [0.5, 0.6) is 0 Å². The monoisotopic (exact) mass is 294 g/mol. The molecule has 0 N–H and O–H groups in total. The van der Waals surface area contributed by atoms with Crippen molar-refractivity contribution < 1.29 is 14.2 Å². The molecule has 16 heavy (non-hydrogen) atoms. The van der Waals surface area contributed by atoms with Gasteiger partial charge in [0.1, 0.15) is 0 Å². The van der Waals surface area contributed by atoms with E-state index < -0.39 is 0 Å². The van der Waals surface area contributed by atoms with E-state index in [2.05, 4.69) is 29.8 Å². The molecule has 0 amide bonds. The van der Waals surface area contributed by atoms with Gasteiger partial charge in [0.25, 0.3) is 0 Å². The van der Waals surface area contributed by atoms with Gasteiger partial charge in [-0.15, -0.1) is 0 Å². The molecule has 0 spiro atoms. The maximum atomic E-state index is 5.72. The first-order valence-corrected chi connectivity index (χ1v) is 7.01. The van der Waals surface area contributed by atoms with E-state index in [9.17, 15) is 0 Å². The van der Waals surface area contributed by atoms with Crippen molar-refractivity contribution in [2.75, 3.05) is 26.4 Å². The van der Waals surface area contributed by atoms with Gasteiger partial charge in [0.2, 0.25) is 0 Å². The number of halogens is 1. The third-order valence-corrected chi connectivity index (χ3v) is 3.45. The van der Waals surface area contributed by atoms with E-state index >= 15 is 0 Å². The molecular weight excluding hydrogens is 272 g/mol. The van der Waals surface area contributed by atoms with Crippen LogP contribution >= 0.6 is 15.9 Å². The number of ether oxygens (including phenoxy) is 3. The predicted octanol–water partition coefficient (Wildman–Crippen LogP) is 2.62. The maximum absolute atomic E-state index is 5.72. The molecule has 1 saturated carbocycles. The van der Waals surface area contributed by atoms with E-state index in [1.54, 1.807) is 0 Å². The second kappa shape index (κ2) is 7.64. The predicted molar refractivity (Wildman–Crippen MR) is 68.1 cm³/mol. The zero-order valence-electron chi connectivity index (χ0n) is 10.4. The maximum Gasteiger partial charge on any atom is 0.0962 e. The molecule has 4 heteroatoms. The highest BCUT2D eigenvalue weighted by Crippen LogP contribution is 2.33. The number of alkyl halides is 1. The summed E-state index contributed by atoms with van der Waals surface area (Å²) in [4.78, 5) is 0.453. The van der Waals surface area contributed by atoms with E-state index in [1.165, 1.54) is 0 Å². The summed E-state index contributed by atoms with van der Waals surface area (Å²) in [5.41, 5.74) is 0. The average molecular weight is 295 g/mol. The van der Waals surface area contributed by atoms with E-state index in [4.69, 9.17) is 14.2 Å². The summed E-state index contributed by atoms with van der Waals surface area (Å²) in [6.45, 7) is 9.21. The fourth-order valence-corrected chi connectivity index (χ4v) is 2.53. The molecule has 3 atom stereocenters. The van der Waals surface area contributed by atoms with Gasteiger partial charge in [-0.25, -0.2) is 0 Å². The summed E-state index contributed by atoms with van der Waals surface area (Å²) in [7, 11) is 0. The Labute approximate surface area is 107 Å². The molecule has 0 radical (unpaired) electrons. The van der Waals surface area contributed by atoms with E-state index in [1.807, 2.05) is 6.92 Å². The van der Waals surface area contributed by atoms with Crippen LogP contribution in [0, 0.1) is 5.92 Å². The Bertz CT molecular complexity index is 187. The van der Waals surface area contributed by atoms with Crippen LogP contribution in [0.3, 0.4) is 0 Å². The lowest BCUT2D eigenvalue weighted by molar-refractivity contribution is -0.126. The molecule has 3 unspecified atom stereocenters. The molecule has 0 heterocycles. The van der Waals surface area contributed by atoms with Crippen molar-refractivity contribution in [3.63, 3.8) is 0 Å². The highest BCUT2D eigenvalue weighted by molar-refractivity contribution is 9.09. The van der Waals surface area contributed by atoms with Crippen molar-refractivity contribution in [3.05, 3.63) is 0 Å². The summed E-state index contributed by atoms with van der Waals surface area (Å²) in [5.74, 6) is 0.590. The average Bonchev–Trinajstić information content (AvgIpc) is 2.23. The Hall–Kier alpha value is 0.360. The van der Waals surface area contributed by atoms with Crippen LogP contribution in [0.1, 0.15) is 27.2 Å². The summed E-state index contributed by atoms with van der Waals surface area (Å²) in [6.07, 6.45) is 1.50. The van der Waals surface area contributed by atoms with Crippen LogP contribution in [-0.4, -0.2) is 43.5 Å². The molecule has 1 aliphatic rings. The van der Waals surface area contributed by atoms with Gasteiger partial charge in [0.05, 0.1) is 25.4 Å². The Morgan fingerprint density at radius 2 is 2.00 bits per heavy atom. The van der Waals surface area contributed by atoms with Crippen molar-refractivity contribution in [2.45, 2.75) is 44.2 Å². The van der Waals surface area contributed by atoms with Gasteiger partial charge in [-0.1, -0.05) is 29.8 Å². The molecule has 3 nitrogen and oxygen atoms in total. The van der Waals surface area contributed by atoms with Crippen molar-refractivity contribution in [1.82, 2.24) is 0 Å². The lowest BCUT2D eigenvalue weighted by atomic mass is 9.91. The Balaban J connectivity index is 2.01. The van der Waals surface area contributed by atoms with Crippen molar-refractivity contribution in [2.24, 2.45) is 5.92 Å². The molecule has 0 aliphatic heterocycles. The summed E-state index contributed by atoms with van der Waals surface area (Å²) < 4.78 is 16.8. The normalized spacial score (nSPS) is 29.4. The Kier molecular flexibility index (Phi) is 6.89. The first-order chi connectivity index (χ1) is 7.65. The van der Waals surface area contributed by atoms with E-state index in [0.29, 0.717) is 24.0 Å². The molecule has 1 rings (SSSR count). The summed E-state index contributed by atoms with van der Waals surface area (Å²) in [6, 6.07) is 0. The lowest BCUT2D eigenvalue weighted by Gasteiger charge is -2.40. The van der Waals surface area contributed by atoms with Crippen LogP contribution in [0.4, 0.5) is 0 Å². The van der Waals surface area contributed by atoms with Crippen LogP contribution < -0.4 is 0 Å². The van der Waals surface area contributed by atoms with Crippen LogP contribution in [0.15, 0.2) is 0 Å². The molecule has 0 aromatic rings. The van der Waals surface area contributed by atoms with Gasteiger partial charge in [-0.3, -0.25) is 0 Å². The van der Waals surface area contributed by atoms with E-state index in [-0.39, 0.29) is 12.2 Å². The molecule has 1 fully saturated rings. The minimum atomic E-state index is 0.218. The van der Waals surface area contributed by atoms with Gasteiger partial charge in [0.15, 0.2) is 0 Å². The van der Waals surface area contributed by atoms with Crippen LogP contribution in [-0.2, 0) is 14.2 Å². The highest BCUT2D eigenvalue weighted by Gasteiger charge is 2.40. The summed E-state index contributed by atoms with van der Waals surface area (Å²) >= 11 is 3.57. The molecule has 1 aliphatic carbocycles. The minimum Gasteiger partial charge on any atom is -0.379 e. The molecule has 0 aromatic heterocycles. The topological polar surface area (TPSA) is 27.7 Å². The SMILES string of the molecule is CCOC1C(Br)CC1OCCOCC(C)C. The molecule has 0 saturated heterocycles. The second-order valence-corrected chi connectivity index (χ2v) is 5.73. The van der Waals surface area contributed by atoms with Crippen LogP contribution in [0.2, 0.25) is 0 Å². The lowest BCUT2D eigenvalue weighted by Crippen LogP contribution is -2.51. The standard InChI is InChI=1S/C12H23BrO3/c1-4-15-12-10(13)7-11(12)16-6-5-14-8-9(2)3/h9-12H,4-8H2,1-3H3. The van der Waals surface area contributed by atoms with Gasteiger partial charge in [0, 0.05) is 18.0 Å². The first-order valence-electron chi connectivity index (χ1n) is 6.10. The number of rotatable bonds is 8. The fraction of sp³-hybridized carbons (Fsp3) is 1.00. The van der Waals surface area contributed by atoms with Gasteiger partial charge >= 0.3 is 0 Å².